The van der Waals surface area contributed by atoms with Crippen molar-refractivity contribution in [3.8, 4) is 113 Å². The van der Waals surface area contributed by atoms with Crippen LogP contribution in [-0.4, -0.2) is 41.2 Å². The number of benzene rings is 14. The fourth-order valence-corrected chi connectivity index (χ4v) is 15.0. The third kappa shape index (κ3) is 10.6. The highest BCUT2D eigenvalue weighted by atomic mass is 15.2. The van der Waals surface area contributed by atoms with Crippen LogP contribution in [0.1, 0.15) is 5.56 Å². The molecule has 0 spiro atoms. The Kier molecular flexibility index (Phi) is 14.8. The van der Waals surface area contributed by atoms with E-state index in [1.165, 1.54) is 0 Å². The fourth-order valence-electron chi connectivity index (χ4n) is 15.0. The van der Waals surface area contributed by atoms with Gasteiger partial charge in [-0.15, -0.1) is 0 Å². The van der Waals surface area contributed by atoms with E-state index in [4.69, 9.17) is 36.5 Å². The molecule has 3 aromatic heterocycles. The Morgan fingerprint density at radius 1 is 0.298 bits per heavy atom. The van der Waals surface area contributed by atoms with Gasteiger partial charge in [-0.05, 0) is 141 Å². The number of rotatable bonds is 12. The van der Waals surface area contributed by atoms with Gasteiger partial charge in [-0.3, -0.25) is 0 Å². The summed E-state index contributed by atoms with van der Waals surface area (Å²) >= 11 is 0. The topological polar surface area (TPSA) is 117 Å². The molecule has 19 rings (SSSR count). The first-order valence-corrected chi connectivity index (χ1v) is 34.5. The van der Waals surface area contributed by atoms with Gasteiger partial charge in [0, 0.05) is 78.3 Å². The second-order valence-corrected chi connectivity index (χ2v) is 26.0. The Morgan fingerprint density at radius 2 is 0.702 bits per heavy atom. The van der Waals surface area contributed by atoms with Gasteiger partial charge in [0.1, 0.15) is 0 Å². The molecule has 5 heterocycles. The van der Waals surface area contributed by atoms with E-state index in [-0.39, 0.29) is 6.71 Å². The molecule has 2 aliphatic heterocycles. The summed E-state index contributed by atoms with van der Waals surface area (Å²) in [6.45, 7) is 8.15. The highest BCUT2D eigenvalue weighted by Gasteiger charge is 2.44. The van der Waals surface area contributed by atoms with Gasteiger partial charge in [-0.1, -0.05) is 249 Å². The van der Waals surface area contributed by atoms with Crippen molar-refractivity contribution in [1.29, 1.82) is 5.26 Å². The van der Waals surface area contributed by atoms with Crippen molar-refractivity contribution in [3.63, 3.8) is 0 Å². The maximum atomic E-state index is 10.7. The molecule has 0 fully saturated rings. The van der Waals surface area contributed by atoms with E-state index in [0.29, 0.717) is 46.2 Å². The lowest BCUT2D eigenvalue weighted by molar-refractivity contribution is 1.06. The average Bonchev–Trinajstić information content (AvgIpc) is 0.765. The van der Waals surface area contributed by atoms with Gasteiger partial charge in [0.25, 0.3) is 6.71 Å². The summed E-state index contributed by atoms with van der Waals surface area (Å²) < 4.78 is 2.33. The summed E-state index contributed by atoms with van der Waals surface area (Å²) in [4.78, 5) is 40.3. The van der Waals surface area contributed by atoms with Gasteiger partial charge in [0.05, 0.1) is 34.9 Å². The molecule has 0 saturated carbocycles. The SMILES string of the molecule is [C-]#[N+]c1ccc2c(c1)N(c1ccc(-c3ccccc3)cc1)c1cc(-c3ccc4c(c3)c3ccccc3n4-c3ccc(-c4nc(-c5ccccc5)nc(-c5ccccc5)n4)cc3-c3nc(-c4ccccc4)nc(-c4ccccc4)n3)cc3c1B2c1ccc(C#N)cc1N3c1ccc(-c2ccccc2)cc1. The van der Waals surface area contributed by atoms with Crippen molar-refractivity contribution in [1.82, 2.24) is 34.5 Å². The van der Waals surface area contributed by atoms with Crippen LogP contribution in [0.15, 0.2) is 340 Å². The fraction of sp³-hybridized carbons (Fsp3) is 0. The standard InChI is InChI=1S/C92H56BN11/c1-95-71-43-49-78-83(57-71)103(73-46-39-63(40-47-73)61-24-10-3-11-25-61)85-56-70(55-84-86(85)93(78)77-48-36-59(58-94)52-82(77)102(84)72-44-37-62(38-45-72)60-22-8-2-9-23-60)68-41-50-80-75(53-68)74-34-20-21-35-79(74)104(80)81-51-42-69(91-98-87(64-26-12-4-13-27-64)96-88(99-91)65-28-14-5-15-29-65)54-76(81)92-100-89(66-30-16-6-17-31-66)97-90(101-92)67-32-18-7-19-33-67/h2-57H. The van der Waals surface area contributed by atoms with Gasteiger partial charge in [0.15, 0.2) is 40.6 Å². The molecule has 17 aromatic rings. The Hall–Kier alpha value is -14.5. The quantitative estimate of drug-likeness (QED) is 0.0870. The number of aromatic nitrogens is 7. The summed E-state index contributed by atoms with van der Waals surface area (Å²) in [5.41, 5.74) is 24.0. The molecular weight excluding hydrogens is 1270 g/mol. The summed E-state index contributed by atoms with van der Waals surface area (Å²) in [6.07, 6.45) is 0. The van der Waals surface area contributed by atoms with Gasteiger partial charge in [0.2, 0.25) is 0 Å². The monoisotopic (exact) mass is 1330 g/mol. The Balaban J connectivity index is 0.847. The molecule has 0 aliphatic carbocycles. The lowest BCUT2D eigenvalue weighted by Crippen LogP contribution is -2.61. The van der Waals surface area contributed by atoms with Crippen LogP contribution >= 0.6 is 0 Å². The van der Waals surface area contributed by atoms with Gasteiger partial charge in [-0.2, -0.15) is 5.26 Å². The van der Waals surface area contributed by atoms with Crippen molar-refractivity contribution in [2.24, 2.45) is 0 Å². The predicted molar refractivity (Wildman–Crippen MR) is 421 cm³/mol. The van der Waals surface area contributed by atoms with E-state index in [0.717, 1.165) is 145 Å². The third-order valence-corrected chi connectivity index (χ3v) is 19.9. The van der Waals surface area contributed by atoms with E-state index in [9.17, 15) is 5.26 Å². The zero-order valence-corrected chi connectivity index (χ0v) is 55.8. The van der Waals surface area contributed by atoms with Crippen LogP contribution in [0.3, 0.4) is 0 Å². The summed E-state index contributed by atoms with van der Waals surface area (Å²) in [7, 11) is 0. The van der Waals surface area contributed by atoms with Crippen molar-refractivity contribution in [3.05, 3.63) is 357 Å². The highest BCUT2D eigenvalue weighted by molar-refractivity contribution is 7.00. The molecule has 0 amide bonds. The zero-order valence-electron chi connectivity index (χ0n) is 55.8. The summed E-state index contributed by atoms with van der Waals surface area (Å²) in [5, 5.41) is 12.8. The lowest BCUT2D eigenvalue weighted by atomic mass is 9.33. The maximum Gasteiger partial charge on any atom is 0.251 e. The lowest BCUT2D eigenvalue weighted by Gasteiger charge is -2.44. The predicted octanol–water partition coefficient (Wildman–Crippen LogP) is 20.7. The first kappa shape index (κ1) is 60.7. The number of hydrogen-bond acceptors (Lipinski definition) is 9. The number of hydrogen-bond donors (Lipinski definition) is 0. The Labute approximate surface area is 600 Å². The maximum absolute atomic E-state index is 10.7. The van der Waals surface area contributed by atoms with E-state index in [1.54, 1.807) is 0 Å². The number of nitriles is 1. The van der Waals surface area contributed by atoms with Crippen LogP contribution in [-0.2, 0) is 0 Å². The van der Waals surface area contributed by atoms with Crippen LogP contribution in [0.5, 0.6) is 0 Å². The van der Waals surface area contributed by atoms with Crippen LogP contribution in [0.4, 0.5) is 39.8 Å². The molecule has 0 saturated heterocycles. The number of fused-ring (bicyclic) bond motifs is 7. The molecule has 2 aliphatic rings. The zero-order chi connectivity index (χ0) is 69.2. The molecule has 0 unspecified atom stereocenters. The molecule has 12 heteroatoms. The minimum Gasteiger partial charge on any atom is -0.313 e. The van der Waals surface area contributed by atoms with E-state index in [2.05, 4.69) is 207 Å². The van der Waals surface area contributed by atoms with Crippen molar-refractivity contribution in [2.75, 3.05) is 9.80 Å². The van der Waals surface area contributed by atoms with Crippen LogP contribution < -0.4 is 26.2 Å². The number of para-hydroxylation sites is 1. The van der Waals surface area contributed by atoms with Crippen molar-refractivity contribution < 1.29 is 0 Å². The largest absolute Gasteiger partial charge is 0.313 e. The molecule has 0 N–H and O–H groups in total. The molecule has 14 aromatic carbocycles. The Morgan fingerprint density at radius 3 is 1.19 bits per heavy atom. The summed E-state index contributed by atoms with van der Waals surface area (Å²) in [6, 6.07) is 120. The highest BCUT2D eigenvalue weighted by Crippen LogP contribution is 2.49. The second kappa shape index (κ2) is 25.4. The first-order valence-electron chi connectivity index (χ1n) is 34.5. The van der Waals surface area contributed by atoms with Crippen LogP contribution in [0, 0.1) is 17.9 Å². The molecule has 0 atom stereocenters. The minimum absolute atomic E-state index is 0.272. The normalized spacial score (nSPS) is 12.0. The van der Waals surface area contributed by atoms with Gasteiger partial charge < -0.3 is 14.4 Å². The van der Waals surface area contributed by atoms with Crippen molar-refractivity contribution >= 4 is 84.7 Å². The van der Waals surface area contributed by atoms with Crippen molar-refractivity contribution in [2.45, 2.75) is 0 Å². The molecule has 104 heavy (non-hydrogen) atoms. The minimum atomic E-state index is -0.272. The third-order valence-electron chi connectivity index (χ3n) is 19.9. The van der Waals surface area contributed by atoms with E-state index in [1.807, 2.05) is 158 Å². The second-order valence-electron chi connectivity index (χ2n) is 26.0. The molecular formula is C92H56BN11. The van der Waals surface area contributed by atoms with E-state index < -0.39 is 0 Å². The van der Waals surface area contributed by atoms with Gasteiger partial charge in [-0.25, -0.2) is 34.7 Å². The molecule has 0 bridgehead atoms. The smallest absolute Gasteiger partial charge is 0.251 e. The first-order chi connectivity index (χ1) is 51.4. The summed E-state index contributed by atoms with van der Waals surface area (Å²) in [5.74, 6) is 3.11. The molecule has 11 nitrogen and oxygen atoms in total. The molecule has 482 valence electrons. The van der Waals surface area contributed by atoms with Crippen LogP contribution in [0.2, 0.25) is 0 Å². The average molecular weight is 1330 g/mol. The number of anilines is 6. The Bertz CT molecular complexity index is 6010. The van der Waals surface area contributed by atoms with Gasteiger partial charge >= 0.3 is 0 Å². The molecule has 0 radical (unpaired) electrons. The van der Waals surface area contributed by atoms with Crippen LogP contribution in [0.25, 0.3) is 134 Å². The number of nitrogens with zero attached hydrogens (tertiary/aromatic N) is 11. The van der Waals surface area contributed by atoms with E-state index >= 15 is 0 Å².